The van der Waals surface area contributed by atoms with Crippen molar-refractivity contribution in [2.45, 2.75) is 19.4 Å². The fraction of sp³-hybridized carbons (Fsp3) is 0.294. The topological polar surface area (TPSA) is 81.9 Å². The first-order chi connectivity index (χ1) is 12.2. The molecule has 1 aliphatic heterocycles. The number of aromatic nitrogens is 4. The Morgan fingerprint density at radius 2 is 2.28 bits per heavy atom. The number of tetrazole rings is 1. The molecule has 8 heteroatoms. The van der Waals surface area contributed by atoms with Crippen LogP contribution in [-0.2, 0) is 16.0 Å². The summed E-state index contributed by atoms with van der Waals surface area (Å²) in [7, 11) is 0. The number of thiophene rings is 1. The van der Waals surface area contributed by atoms with E-state index in [0.29, 0.717) is 18.0 Å². The van der Waals surface area contributed by atoms with Crippen LogP contribution >= 0.6 is 11.3 Å². The number of anilines is 1. The van der Waals surface area contributed by atoms with Crippen LogP contribution in [0.1, 0.15) is 23.5 Å². The first kappa shape index (κ1) is 15.9. The monoisotopic (exact) mass is 355 g/mol. The molecule has 0 aliphatic carbocycles. The largest absolute Gasteiger partial charge is 0.372 e. The quantitative estimate of drug-likeness (QED) is 0.778. The van der Waals surface area contributed by atoms with Gasteiger partial charge < -0.3 is 10.1 Å². The number of rotatable bonds is 4. The lowest BCUT2D eigenvalue weighted by atomic mass is 9.94. The van der Waals surface area contributed by atoms with E-state index < -0.39 is 0 Å². The van der Waals surface area contributed by atoms with E-state index in [0.717, 1.165) is 12.0 Å². The van der Waals surface area contributed by atoms with Crippen molar-refractivity contribution in [3.63, 3.8) is 0 Å². The van der Waals surface area contributed by atoms with Gasteiger partial charge in [0.2, 0.25) is 5.91 Å². The number of carbonyl (C=O) groups is 1. The fourth-order valence-corrected chi connectivity index (χ4v) is 3.92. The van der Waals surface area contributed by atoms with Gasteiger partial charge in [0.05, 0.1) is 30.0 Å². The Morgan fingerprint density at radius 3 is 3.12 bits per heavy atom. The summed E-state index contributed by atoms with van der Waals surface area (Å²) in [5.74, 6) is -0.403. The maximum absolute atomic E-state index is 12.8. The van der Waals surface area contributed by atoms with Crippen LogP contribution in [0.2, 0.25) is 0 Å². The van der Waals surface area contributed by atoms with Crippen molar-refractivity contribution in [2.24, 2.45) is 5.92 Å². The molecule has 3 heterocycles. The summed E-state index contributed by atoms with van der Waals surface area (Å²) in [5.41, 5.74) is 2.51. The number of hydrogen-bond acceptors (Lipinski definition) is 6. The van der Waals surface area contributed by atoms with Crippen LogP contribution in [0.5, 0.6) is 0 Å². The number of nitrogens with one attached hydrogen (secondary N) is 1. The minimum absolute atomic E-state index is 0.0930. The fourth-order valence-electron chi connectivity index (χ4n) is 3.02. The van der Waals surface area contributed by atoms with Crippen LogP contribution in [0, 0.1) is 5.92 Å². The smallest absolute Gasteiger partial charge is 0.230 e. The Bertz CT molecular complexity index is 877. The standard InChI is InChI=1S/C17H17N5O2S/c1-11(16-12-7-9-25-15(12)6-8-24-16)17(23)19-13-4-2-3-5-14(13)22-10-18-20-21-22/h2-5,7,9-11,16H,6,8H2,1H3,(H,19,23). The number of para-hydroxylation sites is 2. The minimum Gasteiger partial charge on any atom is -0.372 e. The van der Waals surface area contributed by atoms with Gasteiger partial charge in [0.1, 0.15) is 6.33 Å². The first-order valence-electron chi connectivity index (χ1n) is 8.05. The summed E-state index contributed by atoms with van der Waals surface area (Å²) < 4.78 is 7.42. The second-order valence-electron chi connectivity index (χ2n) is 5.89. The second kappa shape index (κ2) is 6.73. The van der Waals surface area contributed by atoms with Gasteiger partial charge in [-0.3, -0.25) is 4.79 Å². The van der Waals surface area contributed by atoms with Crippen LogP contribution in [0.25, 0.3) is 5.69 Å². The molecule has 0 saturated heterocycles. The van der Waals surface area contributed by atoms with Crippen LogP contribution in [0.4, 0.5) is 5.69 Å². The Morgan fingerprint density at radius 1 is 1.40 bits per heavy atom. The highest BCUT2D eigenvalue weighted by Crippen LogP contribution is 2.36. The van der Waals surface area contributed by atoms with Gasteiger partial charge in [0.15, 0.2) is 0 Å². The molecule has 4 rings (SSSR count). The van der Waals surface area contributed by atoms with E-state index in [4.69, 9.17) is 4.74 Å². The molecular weight excluding hydrogens is 338 g/mol. The molecule has 2 aromatic heterocycles. The van der Waals surface area contributed by atoms with E-state index in [1.807, 2.05) is 31.2 Å². The lowest BCUT2D eigenvalue weighted by Gasteiger charge is -2.28. The van der Waals surface area contributed by atoms with Gasteiger partial charge in [-0.2, -0.15) is 4.68 Å². The van der Waals surface area contributed by atoms with Gasteiger partial charge in [-0.15, -0.1) is 16.4 Å². The zero-order valence-corrected chi connectivity index (χ0v) is 14.4. The Kier molecular flexibility index (Phi) is 4.29. The molecule has 0 saturated carbocycles. The van der Waals surface area contributed by atoms with E-state index in [2.05, 4.69) is 32.3 Å². The van der Waals surface area contributed by atoms with E-state index in [1.165, 1.54) is 15.9 Å². The van der Waals surface area contributed by atoms with Crippen LogP contribution in [0.3, 0.4) is 0 Å². The van der Waals surface area contributed by atoms with E-state index >= 15 is 0 Å². The minimum atomic E-state index is -0.310. The Labute approximate surface area is 148 Å². The molecule has 2 atom stereocenters. The summed E-state index contributed by atoms with van der Waals surface area (Å²) in [5, 5.41) is 16.2. The zero-order chi connectivity index (χ0) is 17.2. The van der Waals surface area contributed by atoms with Crippen molar-refractivity contribution in [1.29, 1.82) is 0 Å². The summed E-state index contributed by atoms with van der Waals surface area (Å²) in [6.45, 7) is 2.55. The third-order valence-electron chi connectivity index (χ3n) is 4.34. The van der Waals surface area contributed by atoms with Crippen LogP contribution in [-0.4, -0.2) is 32.7 Å². The molecule has 0 radical (unpaired) electrons. The molecule has 25 heavy (non-hydrogen) atoms. The van der Waals surface area contributed by atoms with Crippen molar-refractivity contribution in [3.05, 3.63) is 52.5 Å². The number of amides is 1. The molecule has 2 unspecified atom stereocenters. The predicted molar refractivity (Wildman–Crippen MR) is 93.7 cm³/mol. The molecule has 0 spiro atoms. The van der Waals surface area contributed by atoms with Crippen LogP contribution < -0.4 is 5.32 Å². The summed E-state index contributed by atoms with van der Waals surface area (Å²) in [4.78, 5) is 14.1. The third-order valence-corrected chi connectivity index (χ3v) is 5.33. The Hall–Kier alpha value is -2.58. The lowest BCUT2D eigenvalue weighted by molar-refractivity contribution is -0.125. The van der Waals surface area contributed by atoms with Gasteiger partial charge in [0.25, 0.3) is 0 Å². The second-order valence-corrected chi connectivity index (χ2v) is 6.89. The highest BCUT2D eigenvalue weighted by molar-refractivity contribution is 7.10. The molecule has 0 fully saturated rings. The first-order valence-corrected chi connectivity index (χ1v) is 8.93. The van der Waals surface area contributed by atoms with Crippen molar-refractivity contribution in [2.75, 3.05) is 11.9 Å². The summed E-state index contributed by atoms with van der Waals surface area (Å²) >= 11 is 1.73. The molecule has 128 valence electrons. The third kappa shape index (κ3) is 3.06. The number of benzene rings is 1. The Balaban J connectivity index is 1.56. The summed E-state index contributed by atoms with van der Waals surface area (Å²) in [6, 6.07) is 9.48. The van der Waals surface area contributed by atoms with Gasteiger partial charge >= 0.3 is 0 Å². The molecule has 1 amide bonds. The summed E-state index contributed by atoms with van der Waals surface area (Å²) in [6.07, 6.45) is 2.20. The highest BCUT2D eigenvalue weighted by atomic mass is 32.1. The number of fused-ring (bicyclic) bond motifs is 1. The van der Waals surface area contributed by atoms with E-state index in [9.17, 15) is 4.79 Å². The number of hydrogen-bond donors (Lipinski definition) is 1. The number of carbonyl (C=O) groups excluding carboxylic acids is 1. The molecule has 0 bridgehead atoms. The number of nitrogens with zero attached hydrogens (tertiary/aromatic N) is 4. The van der Waals surface area contributed by atoms with Crippen molar-refractivity contribution >= 4 is 22.9 Å². The van der Waals surface area contributed by atoms with Crippen molar-refractivity contribution in [1.82, 2.24) is 20.2 Å². The van der Waals surface area contributed by atoms with Gasteiger partial charge in [0, 0.05) is 11.3 Å². The van der Waals surface area contributed by atoms with Gasteiger partial charge in [-0.25, -0.2) is 0 Å². The predicted octanol–water partition coefficient (Wildman–Crippen LogP) is 2.61. The molecule has 3 aromatic rings. The molecule has 7 nitrogen and oxygen atoms in total. The van der Waals surface area contributed by atoms with Crippen molar-refractivity contribution in [3.8, 4) is 5.69 Å². The highest BCUT2D eigenvalue weighted by Gasteiger charge is 2.31. The average molecular weight is 355 g/mol. The SMILES string of the molecule is CC(C(=O)Nc1ccccc1-n1cnnn1)C1OCCc2sccc21. The van der Waals surface area contributed by atoms with Gasteiger partial charge in [-0.1, -0.05) is 19.1 Å². The number of ether oxygens (including phenoxy) is 1. The van der Waals surface area contributed by atoms with E-state index in [1.54, 1.807) is 11.3 Å². The molecule has 1 N–H and O–H groups in total. The lowest BCUT2D eigenvalue weighted by Crippen LogP contribution is -2.30. The van der Waals surface area contributed by atoms with Crippen molar-refractivity contribution < 1.29 is 9.53 Å². The molecular formula is C17H17N5O2S. The zero-order valence-electron chi connectivity index (χ0n) is 13.6. The van der Waals surface area contributed by atoms with Gasteiger partial charge in [-0.05, 0) is 39.6 Å². The maximum Gasteiger partial charge on any atom is 0.230 e. The molecule has 1 aliphatic rings. The normalized spacial score (nSPS) is 17.7. The molecule has 1 aromatic carbocycles. The maximum atomic E-state index is 12.8. The van der Waals surface area contributed by atoms with Crippen LogP contribution in [0.15, 0.2) is 42.0 Å². The average Bonchev–Trinajstić information content (AvgIpc) is 3.32. The van der Waals surface area contributed by atoms with E-state index in [-0.39, 0.29) is 17.9 Å².